The van der Waals surface area contributed by atoms with E-state index < -0.39 is 29.9 Å². The first-order chi connectivity index (χ1) is 13.4. The topological polar surface area (TPSA) is 91.3 Å². The summed E-state index contributed by atoms with van der Waals surface area (Å²) < 4.78 is 21.5. The lowest BCUT2D eigenvalue weighted by Gasteiger charge is -2.26. The Balaban J connectivity index is 2.49. The summed E-state index contributed by atoms with van der Waals surface area (Å²) in [6.45, 7) is 3.60. The van der Waals surface area contributed by atoms with Crippen LogP contribution in [-0.2, 0) is 19.1 Å². The summed E-state index contributed by atoms with van der Waals surface area (Å²) >= 11 is 1.32. The first-order valence-electron chi connectivity index (χ1n) is 8.99. The van der Waals surface area contributed by atoms with Crippen LogP contribution in [0.5, 0.6) is 11.5 Å². The van der Waals surface area contributed by atoms with Crippen LogP contribution in [0.4, 0.5) is 0 Å². The lowest BCUT2D eigenvalue weighted by Crippen LogP contribution is -2.36. The highest BCUT2D eigenvalue weighted by Crippen LogP contribution is 2.41. The largest absolute Gasteiger partial charge is 0.493 e. The van der Waals surface area contributed by atoms with E-state index in [0.29, 0.717) is 22.8 Å². The first-order valence-corrected chi connectivity index (χ1v) is 9.81. The monoisotopic (exact) mass is 410 g/mol. The molecule has 1 aromatic carbocycles. The molecule has 2 aromatic rings. The molecule has 0 aliphatic carbocycles. The Morgan fingerprint density at radius 1 is 1.04 bits per heavy atom. The minimum absolute atomic E-state index is 0.153. The summed E-state index contributed by atoms with van der Waals surface area (Å²) in [7, 11) is 4.36. The van der Waals surface area contributed by atoms with Crippen LogP contribution < -0.4 is 9.47 Å². The first kappa shape index (κ1) is 22.0. The Morgan fingerprint density at radius 3 is 2.21 bits per heavy atom. The Morgan fingerprint density at radius 2 is 1.68 bits per heavy atom. The van der Waals surface area contributed by atoms with E-state index in [2.05, 4.69) is 0 Å². The minimum atomic E-state index is -1.21. The van der Waals surface area contributed by atoms with Gasteiger partial charge in [0.25, 0.3) is 0 Å². The zero-order chi connectivity index (χ0) is 20.8. The Hall–Kier alpha value is -2.32. The number of aliphatic hydroxyl groups is 1. The van der Waals surface area contributed by atoms with Crippen molar-refractivity contribution in [1.82, 2.24) is 0 Å². The lowest BCUT2D eigenvalue weighted by atomic mass is 9.84. The maximum atomic E-state index is 12.6. The van der Waals surface area contributed by atoms with Crippen LogP contribution in [0.25, 0.3) is 10.1 Å². The van der Waals surface area contributed by atoms with Crippen LogP contribution in [0.1, 0.15) is 31.2 Å². The van der Waals surface area contributed by atoms with Gasteiger partial charge in [-0.05, 0) is 30.9 Å². The van der Waals surface area contributed by atoms with E-state index in [1.165, 1.54) is 18.4 Å². The highest BCUT2D eigenvalue weighted by atomic mass is 32.1. The second-order valence-corrected chi connectivity index (χ2v) is 7.27. The Bertz CT molecular complexity index is 788. The fraction of sp³-hybridized carbons (Fsp3) is 0.500. The lowest BCUT2D eigenvalue weighted by molar-refractivity contribution is -0.164. The molecular formula is C20H26O7S. The van der Waals surface area contributed by atoms with Crippen molar-refractivity contribution in [3.8, 4) is 11.5 Å². The second-order valence-electron chi connectivity index (χ2n) is 6.15. The number of fused-ring (bicyclic) bond motifs is 1. The van der Waals surface area contributed by atoms with Crippen LogP contribution in [0, 0.1) is 11.8 Å². The number of methoxy groups -OCH3 is 3. The van der Waals surface area contributed by atoms with Crippen LogP contribution in [0.3, 0.4) is 0 Å². The van der Waals surface area contributed by atoms with Gasteiger partial charge in [0, 0.05) is 15.6 Å². The molecule has 7 nitrogen and oxygen atoms in total. The van der Waals surface area contributed by atoms with Crippen molar-refractivity contribution in [2.75, 3.05) is 27.9 Å². The molecule has 1 aromatic heterocycles. The number of thiophene rings is 1. The van der Waals surface area contributed by atoms with Gasteiger partial charge >= 0.3 is 11.9 Å². The molecule has 0 spiro atoms. The minimum Gasteiger partial charge on any atom is -0.493 e. The number of carbonyl (C=O) groups excluding carboxylic acids is 2. The molecule has 2 rings (SSSR count). The third-order valence-corrected chi connectivity index (χ3v) is 5.78. The summed E-state index contributed by atoms with van der Waals surface area (Å²) in [4.78, 5) is 25.3. The normalized spacial score (nSPS) is 14.2. The molecule has 0 radical (unpaired) electrons. The molecule has 28 heavy (non-hydrogen) atoms. The molecule has 0 aliphatic heterocycles. The molecule has 1 heterocycles. The summed E-state index contributed by atoms with van der Waals surface area (Å²) in [5.74, 6) is -1.91. The standard InChI is InChI=1S/C20H26O7S/c1-6-12(19(22)26-5)17(20(23)27-7-2)18(21)16-9-11-8-13(24-3)14(25-4)10-15(11)28-16/h8-10,12,17-18,21H,6-7H2,1-5H3. The number of rotatable bonds is 9. The summed E-state index contributed by atoms with van der Waals surface area (Å²) in [6.07, 6.45) is -0.878. The molecule has 154 valence electrons. The van der Waals surface area contributed by atoms with E-state index in [1.54, 1.807) is 40.2 Å². The van der Waals surface area contributed by atoms with Crippen molar-refractivity contribution in [3.05, 3.63) is 23.1 Å². The number of hydrogen-bond acceptors (Lipinski definition) is 8. The predicted molar refractivity (Wildman–Crippen MR) is 106 cm³/mol. The number of hydrogen-bond donors (Lipinski definition) is 1. The molecule has 0 fully saturated rings. The highest BCUT2D eigenvalue weighted by molar-refractivity contribution is 7.19. The van der Waals surface area contributed by atoms with Crippen molar-refractivity contribution in [3.63, 3.8) is 0 Å². The predicted octanol–water partition coefficient (Wildman–Crippen LogP) is 3.33. The Kier molecular flexibility index (Phi) is 7.65. The van der Waals surface area contributed by atoms with Crippen LogP contribution in [0.2, 0.25) is 0 Å². The average Bonchev–Trinajstić information content (AvgIpc) is 3.12. The van der Waals surface area contributed by atoms with Crippen LogP contribution in [0.15, 0.2) is 18.2 Å². The van der Waals surface area contributed by atoms with E-state index in [4.69, 9.17) is 18.9 Å². The fourth-order valence-corrected chi connectivity index (χ4v) is 4.29. The van der Waals surface area contributed by atoms with Gasteiger partial charge in [-0.1, -0.05) is 6.92 Å². The molecule has 1 N–H and O–H groups in total. The smallest absolute Gasteiger partial charge is 0.312 e. The third-order valence-electron chi connectivity index (χ3n) is 4.61. The maximum Gasteiger partial charge on any atom is 0.312 e. The summed E-state index contributed by atoms with van der Waals surface area (Å²) in [5, 5.41) is 11.9. The highest BCUT2D eigenvalue weighted by Gasteiger charge is 2.41. The second kappa shape index (κ2) is 9.75. The van der Waals surface area contributed by atoms with Crippen molar-refractivity contribution < 1.29 is 33.6 Å². The van der Waals surface area contributed by atoms with Gasteiger partial charge in [-0.15, -0.1) is 11.3 Å². The molecule has 3 atom stereocenters. The molecular weight excluding hydrogens is 384 g/mol. The zero-order valence-corrected chi connectivity index (χ0v) is 17.5. The van der Waals surface area contributed by atoms with Gasteiger partial charge in [-0.2, -0.15) is 0 Å². The van der Waals surface area contributed by atoms with E-state index in [9.17, 15) is 14.7 Å². The van der Waals surface area contributed by atoms with Crippen molar-refractivity contribution >= 4 is 33.4 Å². The van der Waals surface area contributed by atoms with Crippen molar-refractivity contribution in [2.24, 2.45) is 11.8 Å². The van der Waals surface area contributed by atoms with Gasteiger partial charge < -0.3 is 24.1 Å². The van der Waals surface area contributed by atoms with Gasteiger partial charge in [0.15, 0.2) is 11.5 Å². The number of ether oxygens (including phenoxy) is 4. The van der Waals surface area contributed by atoms with Crippen molar-refractivity contribution in [2.45, 2.75) is 26.4 Å². The van der Waals surface area contributed by atoms with E-state index in [-0.39, 0.29) is 6.61 Å². The maximum absolute atomic E-state index is 12.6. The quantitative estimate of drug-likeness (QED) is 0.634. The van der Waals surface area contributed by atoms with E-state index >= 15 is 0 Å². The molecule has 0 bridgehead atoms. The van der Waals surface area contributed by atoms with E-state index in [0.717, 1.165) is 10.1 Å². The van der Waals surface area contributed by atoms with Gasteiger partial charge in [-0.25, -0.2) is 0 Å². The Labute approximate surface area is 168 Å². The molecule has 0 saturated carbocycles. The van der Waals surface area contributed by atoms with Crippen molar-refractivity contribution in [1.29, 1.82) is 0 Å². The molecule has 0 saturated heterocycles. The number of carbonyl (C=O) groups is 2. The summed E-state index contributed by atoms with van der Waals surface area (Å²) in [5.41, 5.74) is 0. The molecule has 3 unspecified atom stereocenters. The molecule has 0 aliphatic rings. The average molecular weight is 410 g/mol. The SMILES string of the molecule is CCOC(=O)C(C(CC)C(=O)OC)C(O)c1cc2cc(OC)c(OC)cc2s1. The molecule has 0 amide bonds. The fourth-order valence-electron chi connectivity index (χ4n) is 3.18. The summed E-state index contributed by atoms with van der Waals surface area (Å²) in [6, 6.07) is 5.40. The van der Waals surface area contributed by atoms with Gasteiger partial charge in [0.1, 0.15) is 12.0 Å². The zero-order valence-electron chi connectivity index (χ0n) is 16.7. The van der Waals surface area contributed by atoms with E-state index in [1.807, 2.05) is 6.07 Å². The van der Waals surface area contributed by atoms with Gasteiger partial charge in [0.2, 0.25) is 0 Å². The van der Waals surface area contributed by atoms with Gasteiger partial charge in [0.05, 0.1) is 33.9 Å². The third kappa shape index (κ3) is 4.39. The van der Waals surface area contributed by atoms with Crippen LogP contribution >= 0.6 is 11.3 Å². The van der Waals surface area contributed by atoms with Crippen LogP contribution in [-0.4, -0.2) is 45.0 Å². The van der Waals surface area contributed by atoms with Gasteiger partial charge in [-0.3, -0.25) is 9.59 Å². The number of aliphatic hydroxyl groups excluding tert-OH is 1. The number of benzene rings is 1. The number of esters is 2. The molecule has 8 heteroatoms.